The molecule has 1 aliphatic rings. The molecule has 7 nitrogen and oxygen atoms in total. The van der Waals surface area contributed by atoms with Crippen LogP contribution in [0.3, 0.4) is 0 Å². The molecule has 9 heteroatoms. The first-order chi connectivity index (χ1) is 14.3. The van der Waals surface area contributed by atoms with Crippen molar-refractivity contribution >= 4 is 26.8 Å². The molecule has 0 aliphatic carbocycles. The Morgan fingerprint density at radius 1 is 1.30 bits per heavy atom. The highest BCUT2D eigenvalue weighted by atomic mass is 32.2. The van der Waals surface area contributed by atoms with Crippen LogP contribution in [0.1, 0.15) is 18.5 Å². The van der Waals surface area contributed by atoms with Crippen LogP contribution in [0.5, 0.6) is 0 Å². The summed E-state index contributed by atoms with van der Waals surface area (Å²) in [6.07, 6.45) is 0.870. The van der Waals surface area contributed by atoms with Gasteiger partial charge in [0.2, 0.25) is 15.9 Å². The molecule has 0 radical (unpaired) electrons. The number of benzene rings is 2. The molecule has 1 aliphatic heterocycles. The number of nitrogens with zero attached hydrogens (tertiary/aromatic N) is 1. The summed E-state index contributed by atoms with van der Waals surface area (Å²) in [5.41, 5.74) is 3.00. The van der Waals surface area contributed by atoms with E-state index in [-0.39, 0.29) is 23.2 Å². The molecule has 2 N–H and O–H groups in total. The molecule has 3 aromatic rings. The zero-order chi connectivity index (χ0) is 21.6. The lowest BCUT2D eigenvalue weighted by molar-refractivity contribution is -0.131. The number of hydrogen-bond acceptors (Lipinski definition) is 4. The molecule has 2 heterocycles. The van der Waals surface area contributed by atoms with E-state index in [1.165, 1.54) is 30.6 Å². The van der Waals surface area contributed by atoms with E-state index in [2.05, 4.69) is 10.3 Å². The van der Waals surface area contributed by atoms with Crippen LogP contribution >= 0.6 is 0 Å². The maximum Gasteiger partial charge on any atom is 0.250 e. The van der Waals surface area contributed by atoms with Gasteiger partial charge in [-0.25, -0.2) is 12.8 Å². The van der Waals surface area contributed by atoms with Crippen molar-refractivity contribution in [1.29, 1.82) is 0 Å². The van der Waals surface area contributed by atoms with Gasteiger partial charge in [-0.3, -0.25) is 4.79 Å². The number of amides is 1. The summed E-state index contributed by atoms with van der Waals surface area (Å²) in [6.45, 7) is 1.70. The zero-order valence-electron chi connectivity index (χ0n) is 16.8. The van der Waals surface area contributed by atoms with E-state index < -0.39 is 22.2 Å². The smallest absolute Gasteiger partial charge is 0.250 e. The van der Waals surface area contributed by atoms with Gasteiger partial charge in [0.15, 0.2) is 0 Å². The van der Waals surface area contributed by atoms with Gasteiger partial charge in [-0.1, -0.05) is 6.07 Å². The Kier molecular flexibility index (Phi) is 5.13. The second-order valence-electron chi connectivity index (χ2n) is 7.23. The number of halogens is 1. The Morgan fingerprint density at radius 3 is 2.77 bits per heavy atom. The number of H-pyrrole nitrogens is 1. The van der Waals surface area contributed by atoms with Crippen LogP contribution in [0.15, 0.2) is 47.5 Å². The lowest BCUT2D eigenvalue weighted by atomic mass is 9.99. The van der Waals surface area contributed by atoms with Crippen molar-refractivity contribution in [3.63, 3.8) is 0 Å². The fourth-order valence-corrected chi connectivity index (χ4v) is 5.83. The third-order valence-corrected chi connectivity index (χ3v) is 7.61. The molecule has 2 unspecified atom stereocenters. The molecule has 4 rings (SSSR count). The van der Waals surface area contributed by atoms with Crippen molar-refractivity contribution in [3.05, 3.63) is 54.0 Å². The minimum Gasteiger partial charge on any atom is -0.370 e. The molecule has 0 saturated heterocycles. The van der Waals surface area contributed by atoms with Crippen molar-refractivity contribution in [2.45, 2.75) is 24.0 Å². The average molecular weight is 431 g/mol. The van der Waals surface area contributed by atoms with Gasteiger partial charge in [0.05, 0.1) is 4.90 Å². The fourth-order valence-electron chi connectivity index (χ4n) is 3.95. The number of rotatable bonds is 5. The number of aromatic amines is 1. The predicted octanol–water partition coefficient (Wildman–Crippen LogP) is 2.80. The van der Waals surface area contributed by atoms with E-state index in [4.69, 9.17) is 4.74 Å². The van der Waals surface area contributed by atoms with Crippen LogP contribution in [-0.2, 0) is 19.6 Å². The first kappa shape index (κ1) is 20.5. The quantitative estimate of drug-likeness (QED) is 0.650. The number of carbonyl (C=O) groups excluding carboxylic acids is 1. The molecule has 2 atom stereocenters. The summed E-state index contributed by atoms with van der Waals surface area (Å²) >= 11 is 0. The maximum atomic E-state index is 13.5. The normalized spacial score (nSPS) is 19.0. The number of hydrogen-bond donors (Lipinski definition) is 2. The van der Waals surface area contributed by atoms with Gasteiger partial charge in [-0.2, -0.15) is 4.31 Å². The van der Waals surface area contributed by atoms with E-state index >= 15 is 0 Å². The topological polar surface area (TPSA) is 91.5 Å². The molecule has 0 spiro atoms. The lowest BCUT2D eigenvalue weighted by Gasteiger charge is -2.24. The summed E-state index contributed by atoms with van der Waals surface area (Å²) in [6, 6.07) is 9.21. The molecule has 2 aromatic carbocycles. The number of likely N-dealkylation sites (N-methyl/N-ethyl adjacent to an activating group) is 1. The van der Waals surface area contributed by atoms with Crippen molar-refractivity contribution in [1.82, 2.24) is 14.6 Å². The molecule has 0 bridgehead atoms. The molecule has 1 amide bonds. The van der Waals surface area contributed by atoms with E-state index in [0.717, 1.165) is 16.5 Å². The van der Waals surface area contributed by atoms with Crippen molar-refractivity contribution in [2.75, 3.05) is 20.7 Å². The predicted molar refractivity (Wildman–Crippen MR) is 111 cm³/mol. The third-order valence-electron chi connectivity index (χ3n) is 5.60. The second kappa shape index (κ2) is 7.50. The van der Waals surface area contributed by atoms with E-state index in [0.29, 0.717) is 11.1 Å². The largest absolute Gasteiger partial charge is 0.370 e. The van der Waals surface area contributed by atoms with Crippen LogP contribution in [0.4, 0.5) is 4.39 Å². The van der Waals surface area contributed by atoms with Gasteiger partial charge in [0.25, 0.3) is 0 Å². The van der Waals surface area contributed by atoms with Gasteiger partial charge in [0.1, 0.15) is 11.9 Å². The van der Waals surface area contributed by atoms with E-state index in [9.17, 15) is 17.6 Å². The summed E-state index contributed by atoms with van der Waals surface area (Å²) in [5, 5.41) is 3.33. The minimum absolute atomic E-state index is 0.0873. The summed E-state index contributed by atoms with van der Waals surface area (Å²) < 4.78 is 46.2. The first-order valence-electron chi connectivity index (χ1n) is 9.45. The van der Waals surface area contributed by atoms with Gasteiger partial charge >= 0.3 is 0 Å². The number of ether oxygens (including phenoxy) is 1. The van der Waals surface area contributed by atoms with Crippen LogP contribution in [0, 0.1) is 5.82 Å². The highest BCUT2D eigenvalue weighted by Gasteiger charge is 2.42. The maximum absolute atomic E-state index is 13.5. The number of methoxy groups -OCH3 is 1. The number of nitrogens with one attached hydrogen (secondary N) is 2. The summed E-state index contributed by atoms with van der Waals surface area (Å²) in [5.74, 6) is -0.716. The van der Waals surface area contributed by atoms with Crippen molar-refractivity contribution in [3.8, 4) is 11.1 Å². The molecular formula is C21H22FN3O4S. The average Bonchev–Trinajstić information content (AvgIpc) is 3.22. The van der Waals surface area contributed by atoms with Gasteiger partial charge in [-0.05, 0) is 48.4 Å². The highest BCUT2D eigenvalue weighted by Crippen LogP contribution is 2.42. The highest BCUT2D eigenvalue weighted by molar-refractivity contribution is 7.89. The Balaban J connectivity index is 1.74. The number of fused-ring (bicyclic) bond motifs is 2. The van der Waals surface area contributed by atoms with Gasteiger partial charge in [0, 0.05) is 49.4 Å². The number of sulfonamides is 1. The van der Waals surface area contributed by atoms with Crippen LogP contribution in [0.2, 0.25) is 0 Å². The first-order valence-corrected chi connectivity index (χ1v) is 10.9. The molecule has 0 fully saturated rings. The minimum atomic E-state index is -3.76. The number of aromatic nitrogens is 1. The molecule has 30 heavy (non-hydrogen) atoms. The fraction of sp³-hybridized carbons (Fsp3) is 0.286. The Bertz CT molecular complexity index is 1240. The van der Waals surface area contributed by atoms with Gasteiger partial charge < -0.3 is 15.0 Å². The monoisotopic (exact) mass is 431 g/mol. The van der Waals surface area contributed by atoms with Crippen LogP contribution in [-0.4, -0.2) is 50.4 Å². The van der Waals surface area contributed by atoms with Crippen molar-refractivity contribution in [2.24, 2.45) is 0 Å². The van der Waals surface area contributed by atoms with E-state index in [1.54, 1.807) is 31.3 Å². The van der Waals surface area contributed by atoms with Crippen molar-refractivity contribution < 1.29 is 22.3 Å². The summed E-state index contributed by atoms with van der Waals surface area (Å²) in [4.78, 5) is 15.3. The molecular weight excluding hydrogens is 409 g/mol. The van der Waals surface area contributed by atoms with E-state index in [1.807, 2.05) is 6.07 Å². The van der Waals surface area contributed by atoms with Crippen LogP contribution in [0.25, 0.3) is 22.0 Å². The third kappa shape index (κ3) is 3.19. The SMILES string of the molecule is CNC(=O)C(CN1C(C)c2cc(-c3c[nH]c4cc(F)ccc34)ccc2S1(=O)=O)OC. The molecule has 1 aromatic heterocycles. The second-order valence-corrected chi connectivity index (χ2v) is 9.09. The molecule has 0 saturated carbocycles. The Morgan fingerprint density at radius 2 is 2.07 bits per heavy atom. The molecule has 158 valence electrons. The number of carbonyl (C=O) groups is 1. The van der Waals surface area contributed by atoms with Gasteiger partial charge in [-0.15, -0.1) is 0 Å². The summed E-state index contributed by atoms with van der Waals surface area (Å²) in [7, 11) is -0.910. The lowest BCUT2D eigenvalue weighted by Crippen LogP contribution is -2.43. The Hall–Kier alpha value is -2.75. The zero-order valence-corrected chi connectivity index (χ0v) is 17.6. The standard InChI is InChI=1S/C21H22FN3O4S/c1-12-16-8-13(17-10-24-18-9-14(22)5-6-15(17)18)4-7-20(16)30(27,28)25(12)11-19(29-3)21(26)23-2/h4-10,12,19,24H,11H2,1-3H3,(H,23,26). The Labute approximate surface area is 173 Å². The van der Waals surface area contributed by atoms with Crippen LogP contribution < -0.4 is 5.32 Å².